The SMILES string of the molecule is CSc1ccc(Cl)c(C(=O)Nc2cccc(CCl)c2)c1. The summed E-state index contributed by atoms with van der Waals surface area (Å²) in [5.41, 5.74) is 2.13. The molecule has 0 saturated carbocycles. The number of carbonyl (C=O) groups is 1. The van der Waals surface area contributed by atoms with Crippen molar-refractivity contribution in [2.75, 3.05) is 11.6 Å². The fourth-order valence-electron chi connectivity index (χ4n) is 1.74. The normalized spacial score (nSPS) is 10.3. The first-order valence-corrected chi connectivity index (χ1v) is 8.07. The standard InChI is InChI=1S/C15H13Cl2NOS/c1-20-12-5-6-14(17)13(8-12)15(19)18-11-4-2-3-10(7-11)9-16/h2-8H,9H2,1H3,(H,18,19). The number of nitrogens with one attached hydrogen (secondary N) is 1. The van der Waals surface area contributed by atoms with Gasteiger partial charge < -0.3 is 5.32 Å². The number of rotatable bonds is 4. The monoisotopic (exact) mass is 325 g/mol. The van der Waals surface area contributed by atoms with E-state index in [0.717, 1.165) is 10.5 Å². The highest BCUT2D eigenvalue weighted by Gasteiger charge is 2.11. The van der Waals surface area contributed by atoms with E-state index in [1.165, 1.54) is 0 Å². The van der Waals surface area contributed by atoms with Gasteiger partial charge in [-0.3, -0.25) is 4.79 Å². The molecule has 0 aliphatic heterocycles. The molecule has 20 heavy (non-hydrogen) atoms. The van der Waals surface area contributed by atoms with Crippen LogP contribution in [-0.2, 0) is 5.88 Å². The van der Waals surface area contributed by atoms with Crippen LogP contribution < -0.4 is 5.32 Å². The fraction of sp³-hybridized carbons (Fsp3) is 0.133. The van der Waals surface area contributed by atoms with Crippen molar-refractivity contribution in [2.45, 2.75) is 10.8 Å². The minimum atomic E-state index is -0.224. The van der Waals surface area contributed by atoms with Crippen molar-refractivity contribution < 1.29 is 4.79 Å². The first kappa shape index (κ1) is 15.2. The molecule has 104 valence electrons. The molecule has 0 aliphatic carbocycles. The van der Waals surface area contributed by atoms with E-state index in [1.54, 1.807) is 23.9 Å². The number of hydrogen-bond acceptors (Lipinski definition) is 2. The smallest absolute Gasteiger partial charge is 0.257 e. The predicted octanol–water partition coefficient (Wildman–Crippen LogP) is 5.05. The molecular weight excluding hydrogens is 313 g/mol. The van der Waals surface area contributed by atoms with Gasteiger partial charge in [-0.25, -0.2) is 0 Å². The van der Waals surface area contributed by atoms with Crippen molar-refractivity contribution in [3.63, 3.8) is 0 Å². The van der Waals surface area contributed by atoms with E-state index in [9.17, 15) is 4.79 Å². The Morgan fingerprint density at radius 1 is 1.25 bits per heavy atom. The summed E-state index contributed by atoms with van der Waals surface area (Å²) in [6, 6.07) is 12.8. The topological polar surface area (TPSA) is 29.1 Å². The van der Waals surface area contributed by atoms with Gasteiger partial charge in [-0.15, -0.1) is 23.4 Å². The summed E-state index contributed by atoms with van der Waals surface area (Å²) in [5.74, 6) is 0.185. The van der Waals surface area contributed by atoms with Crippen LogP contribution in [0.3, 0.4) is 0 Å². The number of hydrogen-bond donors (Lipinski definition) is 1. The summed E-state index contributed by atoms with van der Waals surface area (Å²) in [5, 5.41) is 3.27. The van der Waals surface area contributed by atoms with Crippen molar-refractivity contribution in [2.24, 2.45) is 0 Å². The molecule has 2 rings (SSSR count). The van der Waals surface area contributed by atoms with Gasteiger partial charge in [-0.2, -0.15) is 0 Å². The van der Waals surface area contributed by atoms with E-state index < -0.39 is 0 Å². The Labute approximate surface area is 132 Å². The highest BCUT2D eigenvalue weighted by molar-refractivity contribution is 7.98. The van der Waals surface area contributed by atoms with Gasteiger partial charge >= 0.3 is 0 Å². The minimum absolute atomic E-state index is 0.224. The molecule has 1 N–H and O–H groups in total. The molecule has 5 heteroatoms. The number of amides is 1. The van der Waals surface area contributed by atoms with Gasteiger partial charge in [0.2, 0.25) is 0 Å². The van der Waals surface area contributed by atoms with E-state index in [0.29, 0.717) is 22.2 Å². The third-order valence-corrected chi connectivity index (χ3v) is 4.12. The molecule has 0 bridgehead atoms. The molecule has 2 nitrogen and oxygen atoms in total. The Balaban J connectivity index is 2.23. The van der Waals surface area contributed by atoms with Gasteiger partial charge in [-0.1, -0.05) is 23.7 Å². The van der Waals surface area contributed by atoms with Gasteiger partial charge in [0.05, 0.1) is 10.6 Å². The zero-order chi connectivity index (χ0) is 14.5. The van der Waals surface area contributed by atoms with Gasteiger partial charge in [0.15, 0.2) is 0 Å². The number of thioether (sulfide) groups is 1. The van der Waals surface area contributed by atoms with Gasteiger partial charge in [0, 0.05) is 16.5 Å². The summed E-state index contributed by atoms with van der Waals surface area (Å²) < 4.78 is 0. The molecule has 0 aliphatic rings. The summed E-state index contributed by atoms with van der Waals surface area (Å²) >= 11 is 13.4. The molecule has 0 unspecified atom stereocenters. The maximum Gasteiger partial charge on any atom is 0.257 e. The van der Waals surface area contributed by atoms with Crippen LogP contribution >= 0.6 is 35.0 Å². The first-order valence-electron chi connectivity index (χ1n) is 5.94. The van der Waals surface area contributed by atoms with Crippen LogP contribution in [0, 0.1) is 0 Å². The molecule has 0 spiro atoms. The Kier molecular flexibility index (Phi) is 5.35. The summed E-state index contributed by atoms with van der Waals surface area (Å²) in [4.78, 5) is 13.3. The second-order valence-electron chi connectivity index (χ2n) is 4.13. The second kappa shape index (κ2) is 7.02. The molecular formula is C15H13Cl2NOS. The van der Waals surface area contributed by atoms with Crippen molar-refractivity contribution >= 4 is 46.6 Å². The Morgan fingerprint density at radius 2 is 2.05 bits per heavy atom. The maximum atomic E-state index is 12.3. The average Bonchev–Trinajstić information content (AvgIpc) is 2.47. The van der Waals surface area contributed by atoms with Crippen LogP contribution in [-0.4, -0.2) is 12.2 Å². The lowest BCUT2D eigenvalue weighted by atomic mass is 10.2. The highest BCUT2D eigenvalue weighted by Crippen LogP contribution is 2.24. The number of benzene rings is 2. The molecule has 0 atom stereocenters. The van der Waals surface area contributed by atoms with Crippen molar-refractivity contribution in [1.29, 1.82) is 0 Å². The summed E-state index contributed by atoms with van der Waals surface area (Å²) in [7, 11) is 0. The third-order valence-electron chi connectivity index (χ3n) is 2.76. The molecule has 0 heterocycles. The van der Waals surface area contributed by atoms with Crippen LogP contribution in [0.4, 0.5) is 5.69 Å². The zero-order valence-electron chi connectivity index (χ0n) is 10.8. The van der Waals surface area contributed by atoms with Crippen molar-refractivity contribution in [3.8, 4) is 0 Å². The van der Waals surface area contributed by atoms with E-state index in [-0.39, 0.29) is 5.91 Å². The quantitative estimate of drug-likeness (QED) is 0.629. The Bertz CT molecular complexity index is 631. The largest absolute Gasteiger partial charge is 0.322 e. The second-order valence-corrected chi connectivity index (χ2v) is 5.69. The molecule has 0 saturated heterocycles. The third kappa shape index (κ3) is 3.69. The minimum Gasteiger partial charge on any atom is -0.322 e. The Morgan fingerprint density at radius 3 is 2.75 bits per heavy atom. The number of anilines is 1. The number of carbonyl (C=O) groups excluding carboxylic acids is 1. The van der Waals surface area contributed by atoms with Gasteiger partial charge in [-0.05, 0) is 42.2 Å². The van der Waals surface area contributed by atoms with Crippen LogP contribution in [0.2, 0.25) is 5.02 Å². The fourth-order valence-corrected chi connectivity index (χ4v) is 2.55. The summed E-state index contributed by atoms with van der Waals surface area (Å²) in [6.45, 7) is 0. The lowest BCUT2D eigenvalue weighted by Gasteiger charge is -2.09. The molecule has 2 aromatic carbocycles. The highest BCUT2D eigenvalue weighted by atomic mass is 35.5. The van der Waals surface area contributed by atoms with Gasteiger partial charge in [0.1, 0.15) is 0 Å². The van der Waals surface area contributed by atoms with Crippen LogP contribution in [0.5, 0.6) is 0 Å². The summed E-state index contributed by atoms with van der Waals surface area (Å²) in [6.07, 6.45) is 1.95. The van der Waals surface area contributed by atoms with Crippen LogP contribution in [0.15, 0.2) is 47.4 Å². The first-order chi connectivity index (χ1) is 9.63. The lowest BCUT2D eigenvalue weighted by molar-refractivity contribution is 0.102. The van der Waals surface area contributed by atoms with Crippen molar-refractivity contribution in [1.82, 2.24) is 0 Å². The van der Waals surface area contributed by atoms with E-state index in [2.05, 4.69) is 5.32 Å². The Hall–Kier alpha value is -1.16. The lowest BCUT2D eigenvalue weighted by Crippen LogP contribution is -2.12. The van der Waals surface area contributed by atoms with E-state index in [4.69, 9.17) is 23.2 Å². The van der Waals surface area contributed by atoms with E-state index in [1.807, 2.05) is 36.6 Å². The predicted molar refractivity (Wildman–Crippen MR) is 87.2 cm³/mol. The molecule has 0 fully saturated rings. The van der Waals surface area contributed by atoms with Crippen molar-refractivity contribution in [3.05, 3.63) is 58.6 Å². The van der Waals surface area contributed by atoms with Gasteiger partial charge in [0.25, 0.3) is 5.91 Å². The zero-order valence-corrected chi connectivity index (χ0v) is 13.1. The molecule has 0 radical (unpaired) electrons. The van der Waals surface area contributed by atoms with Crippen LogP contribution in [0.25, 0.3) is 0 Å². The maximum absolute atomic E-state index is 12.3. The number of alkyl halides is 1. The molecule has 1 amide bonds. The van der Waals surface area contributed by atoms with E-state index >= 15 is 0 Å². The molecule has 2 aromatic rings. The van der Waals surface area contributed by atoms with Crippen LogP contribution in [0.1, 0.15) is 15.9 Å². The molecule has 0 aromatic heterocycles. The average molecular weight is 326 g/mol. The number of halogens is 2.